The Balaban J connectivity index is 1.93. The van der Waals surface area contributed by atoms with Gasteiger partial charge in [-0.2, -0.15) is 0 Å². The van der Waals surface area contributed by atoms with E-state index in [1.54, 1.807) is 79.9 Å². The Morgan fingerprint density at radius 1 is 0.926 bits per heavy atom. The number of benzene rings is 3. The highest BCUT2D eigenvalue weighted by Gasteiger charge is 2.44. The number of ketones is 1. The molecular weight excluding hydrogens is 340 g/mol. The van der Waals surface area contributed by atoms with Crippen molar-refractivity contribution >= 4 is 11.9 Å². The summed E-state index contributed by atoms with van der Waals surface area (Å²) in [5.41, 5.74) is 1.71. The van der Waals surface area contributed by atoms with Gasteiger partial charge in [-0.05, 0) is 18.2 Å². The van der Waals surface area contributed by atoms with Gasteiger partial charge in [0.1, 0.15) is 11.5 Å². The maximum atomic E-state index is 13.2. The molecule has 0 unspecified atom stereocenters. The number of methoxy groups -OCH3 is 1. The minimum atomic E-state index is -1.90. The van der Waals surface area contributed by atoms with E-state index < -0.39 is 5.79 Å². The zero-order valence-electron chi connectivity index (χ0n) is 14.8. The van der Waals surface area contributed by atoms with Crippen molar-refractivity contribution in [1.29, 1.82) is 0 Å². The molecule has 3 aromatic rings. The van der Waals surface area contributed by atoms with E-state index in [4.69, 9.17) is 9.47 Å². The summed E-state index contributed by atoms with van der Waals surface area (Å²) in [5, 5.41) is 11.5. The maximum absolute atomic E-state index is 13.2. The van der Waals surface area contributed by atoms with Crippen molar-refractivity contribution in [3.05, 3.63) is 101 Å². The molecule has 1 aliphatic rings. The third-order valence-electron chi connectivity index (χ3n) is 4.60. The van der Waals surface area contributed by atoms with Crippen molar-refractivity contribution in [2.24, 2.45) is 0 Å². The SMILES string of the molecule is COc1cccc2c1C=C(C(=O)c1ccccc1)[C@@](O)(c1ccccc1)O2. The van der Waals surface area contributed by atoms with Crippen LogP contribution in [-0.2, 0) is 5.79 Å². The van der Waals surface area contributed by atoms with Gasteiger partial charge in [0, 0.05) is 11.1 Å². The molecule has 27 heavy (non-hydrogen) atoms. The monoisotopic (exact) mass is 358 g/mol. The molecule has 0 saturated heterocycles. The molecule has 0 fully saturated rings. The van der Waals surface area contributed by atoms with Gasteiger partial charge in [-0.3, -0.25) is 4.79 Å². The Hall–Kier alpha value is -3.37. The second-order valence-corrected chi connectivity index (χ2v) is 6.24. The lowest BCUT2D eigenvalue weighted by Crippen LogP contribution is -2.40. The Morgan fingerprint density at radius 3 is 2.26 bits per heavy atom. The summed E-state index contributed by atoms with van der Waals surface area (Å²) in [5.74, 6) is -1.18. The predicted octanol–water partition coefficient (Wildman–Crippen LogP) is 4.20. The molecule has 0 aliphatic carbocycles. The van der Waals surface area contributed by atoms with E-state index in [1.165, 1.54) is 0 Å². The van der Waals surface area contributed by atoms with Gasteiger partial charge in [-0.1, -0.05) is 66.7 Å². The quantitative estimate of drug-likeness (QED) is 0.710. The Morgan fingerprint density at radius 2 is 1.59 bits per heavy atom. The number of fused-ring (bicyclic) bond motifs is 1. The van der Waals surface area contributed by atoms with Crippen LogP contribution in [-0.4, -0.2) is 18.0 Å². The summed E-state index contributed by atoms with van der Waals surface area (Å²) in [4.78, 5) is 13.2. The van der Waals surface area contributed by atoms with Crippen LogP contribution < -0.4 is 9.47 Å². The van der Waals surface area contributed by atoms with Crippen molar-refractivity contribution in [2.75, 3.05) is 7.11 Å². The first-order valence-electron chi connectivity index (χ1n) is 8.59. The number of aliphatic hydroxyl groups is 1. The highest BCUT2D eigenvalue weighted by molar-refractivity contribution is 6.13. The largest absolute Gasteiger partial charge is 0.496 e. The lowest BCUT2D eigenvalue weighted by molar-refractivity contribution is -0.111. The minimum absolute atomic E-state index is 0.136. The molecule has 4 heteroatoms. The van der Waals surface area contributed by atoms with E-state index in [1.807, 2.05) is 12.1 Å². The molecule has 4 nitrogen and oxygen atoms in total. The van der Waals surface area contributed by atoms with Crippen molar-refractivity contribution in [1.82, 2.24) is 0 Å². The molecule has 1 N–H and O–H groups in total. The molecule has 0 aromatic heterocycles. The number of rotatable bonds is 4. The zero-order chi connectivity index (χ0) is 18.9. The van der Waals surface area contributed by atoms with Gasteiger partial charge in [0.25, 0.3) is 5.79 Å². The van der Waals surface area contributed by atoms with Gasteiger partial charge in [-0.25, -0.2) is 0 Å². The lowest BCUT2D eigenvalue weighted by atomic mass is 9.87. The highest BCUT2D eigenvalue weighted by atomic mass is 16.6. The molecule has 4 rings (SSSR count). The van der Waals surface area contributed by atoms with Crippen LogP contribution in [0.3, 0.4) is 0 Å². The van der Waals surface area contributed by atoms with Gasteiger partial charge < -0.3 is 14.6 Å². The van der Waals surface area contributed by atoms with E-state index in [9.17, 15) is 9.90 Å². The molecule has 134 valence electrons. The number of carbonyl (C=O) groups excluding carboxylic acids is 1. The first-order valence-corrected chi connectivity index (χ1v) is 8.59. The fourth-order valence-corrected chi connectivity index (χ4v) is 3.23. The summed E-state index contributed by atoms with van der Waals surface area (Å²) in [6, 6.07) is 23.0. The van der Waals surface area contributed by atoms with E-state index in [2.05, 4.69) is 0 Å². The van der Waals surface area contributed by atoms with Crippen LogP contribution in [0.25, 0.3) is 6.08 Å². The number of Topliss-reactive ketones (excluding diaryl/α,β-unsaturated/α-hetero) is 1. The number of ether oxygens (including phenoxy) is 2. The van der Waals surface area contributed by atoms with Crippen molar-refractivity contribution in [2.45, 2.75) is 5.79 Å². The normalized spacial score (nSPS) is 18.1. The molecule has 0 amide bonds. The van der Waals surface area contributed by atoms with E-state index in [0.29, 0.717) is 28.2 Å². The molecule has 0 saturated carbocycles. The maximum Gasteiger partial charge on any atom is 0.265 e. The van der Waals surface area contributed by atoms with E-state index in [0.717, 1.165) is 0 Å². The van der Waals surface area contributed by atoms with Crippen LogP contribution in [0.5, 0.6) is 11.5 Å². The first-order chi connectivity index (χ1) is 13.1. The van der Waals surface area contributed by atoms with E-state index >= 15 is 0 Å². The van der Waals surface area contributed by atoms with Crippen LogP contribution in [0.1, 0.15) is 21.5 Å². The Kier molecular flexibility index (Phi) is 4.26. The topological polar surface area (TPSA) is 55.8 Å². The third-order valence-corrected chi connectivity index (χ3v) is 4.60. The van der Waals surface area contributed by atoms with Crippen LogP contribution >= 0.6 is 0 Å². The average molecular weight is 358 g/mol. The van der Waals surface area contributed by atoms with Crippen molar-refractivity contribution in [3.63, 3.8) is 0 Å². The van der Waals surface area contributed by atoms with E-state index in [-0.39, 0.29) is 11.4 Å². The summed E-state index contributed by atoms with van der Waals surface area (Å²) in [7, 11) is 1.56. The standard InChI is InChI=1S/C23H18O4/c1-26-20-13-8-14-21-18(20)15-19(22(24)16-9-4-2-5-10-16)23(25,27-21)17-11-6-3-7-12-17/h2-15,25H,1H3/t23-/m1/s1. The van der Waals surface area contributed by atoms with Gasteiger partial charge in [0.15, 0.2) is 5.78 Å². The summed E-state index contributed by atoms with van der Waals surface area (Å²) >= 11 is 0. The predicted molar refractivity (Wildman–Crippen MR) is 103 cm³/mol. The molecule has 1 atom stereocenters. The fourth-order valence-electron chi connectivity index (χ4n) is 3.23. The second-order valence-electron chi connectivity index (χ2n) is 6.24. The minimum Gasteiger partial charge on any atom is -0.496 e. The number of carbonyl (C=O) groups is 1. The van der Waals surface area contributed by atoms with Gasteiger partial charge in [-0.15, -0.1) is 0 Å². The van der Waals surface area contributed by atoms with Crippen LogP contribution in [0.4, 0.5) is 0 Å². The van der Waals surface area contributed by atoms with Crippen LogP contribution in [0, 0.1) is 0 Å². The molecule has 3 aromatic carbocycles. The van der Waals surface area contributed by atoms with Crippen molar-refractivity contribution in [3.8, 4) is 11.5 Å². The zero-order valence-corrected chi connectivity index (χ0v) is 14.8. The van der Waals surface area contributed by atoms with Crippen molar-refractivity contribution < 1.29 is 19.4 Å². The summed E-state index contributed by atoms with van der Waals surface area (Å²) < 4.78 is 11.4. The smallest absolute Gasteiger partial charge is 0.265 e. The average Bonchev–Trinajstić information content (AvgIpc) is 2.73. The molecule has 0 bridgehead atoms. The molecule has 0 radical (unpaired) electrons. The lowest BCUT2D eigenvalue weighted by Gasteiger charge is -2.35. The van der Waals surface area contributed by atoms with Gasteiger partial charge in [0.05, 0.1) is 18.2 Å². The first kappa shape index (κ1) is 17.1. The molecular formula is C23H18O4. The van der Waals surface area contributed by atoms with Gasteiger partial charge in [0.2, 0.25) is 0 Å². The second kappa shape index (κ2) is 6.74. The van der Waals surface area contributed by atoms with Crippen LogP contribution in [0.2, 0.25) is 0 Å². The van der Waals surface area contributed by atoms with Gasteiger partial charge >= 0.3 is 0 Å². The molecule has 0 spiro atoms. The molecule has 1 aliphatic heterocycles. The summed E-state index contributed by atoms with van der Waals surface area (Å²) in [6.45, 7) is 0. The number of hydrogen-bond donors (Lipinski definition) is 1. The fraction of sp³-hybridized carbons (Fsp3) is 0.0870. The Labute approximate surface area is 157 Å². The van der Waals surface area contributed by atoms with Crippen LogP contribution in [0.15, 0.2) is 84.4 Å². The highest BCUT2D eigenvalue weighted by Crippen LogP contribution is 2.44. The number of hydrogen-bond acceptors (Lipinski definition) is 4. The molecule has 1 heterocycles. The Bertz CT molecular complexity index is 1010. The summed E-state index contributed by atoms with van der Waals surface area (Å²) in [6.07, 6.45) is 1.65. The third kappa shape index (κ3) is 2.90.